The van der Waals surface area contributed by atoms with Gasteiger partial charge in [-0.3, -0.25) is 9.78 Å². The molecule has 25 heavy (non-hydrogen) atoms. The van der Waals surface area contributed by atoms with Gasteiger partial charge in [-0.2, -0.15) is 19.8 Å². The van der Waals surface area contributed by atoms with Crippen LogP contribution in [0.15, 0.2) is 6.07 Å². The fraction of sp³-hybridized carbons (Fsp3) is 0.438. The predicted molar refractivity (Wildman–Crippen MR) is 96.7 cm³/mol. The molecule has 0 fully saturated rings. The largest absolute Gasteiger partial charge is 0.275 e. The van der Waals surface area contributed by atoms with Crippen LogP contribution >= 0.6 is 11.3 Å². The van der Waals surface area contributed by atoms with E-state index in [1.54, 1.807) is 0 Å². The van der Waals surface area contributed by atoms with Crippen LogP contribution in [-0.2, 0) is 6.54 Å². The van der Waals surface area contributed by atoms with Crippen LogP contribution in [0.25, 0.3) is 26.9 Å². The first-order valence-corrected chi connectivity index (χ1v) is 9.13. The molecule has 0 amide bonds. The Morgan fingerprint density at radius 3 is 2.68 bits per heavy atom. The second-order valence-corrected chi connectivity index (χ2v) is 7.30. The second-order valence-electron chi connectivity index (χ2n) is 6.34. The van der Waals surface area contributed by atoms with Crippen molar-refractivity contribution in [3.05, 3.63) is 23.3 Å². The number of rotatable bonds is 4. The number of aromatic nitrogens is 8. The number of nitrogens with one attached hydrogen (secondary N) is 1. The minimum atomic E-state index is 0.271. The average Bonchev–Trinajstić information content (AvgIpc) is 3.28. The van der Waals surface area contributed by atoms with Crippen molar-refractivity contribution in [1.29, 1.82) is 0 Å². The first-order chi connectivity index (χ1) is 12.0. The van der Waals surface area contributed by atoms with Crippen molar-refractivity contribution < 1.29 is 0 Å². The highest BCUT2D eigenvalue weighted by Gasteiger charge is 2.19. The van der Waals surface area contributed by atoms with Gasteiger partial charge in [0.1, 0.15) is 0 Å². The maximum atomic E-state index is 4.66. The zero-order valence-corrected chi connectivity index (χ0v) is 15.7. The summed E-state index contributed by atoms with van der Waals surface area (Å²) in [5.41, 5.74) is 4.95. The summed E-state index contributed by atoms with van der Waals surface area (Å²) in [5, 5.41) is 26.1. The summed E-state index contributed by atoms with van der Waals surface area (Å²) in [4.78, 5) is 0.793. The van der Waals surface area contributed by atoms with Gasteiger partial charge >= 0.3 is 0 Å². The molecule has 4 heterocycles. The van der Waals surface area contributed by atoms with E-state index in [2.05, 4.69) is 58.3 Å². The second kappa shape index (κ2) is 5.76. The molecule has 1 N–H and O–H groups in total. The maximum Gasteiger partial charge on any atom is 0.235 e. The minimum absolute atomic E-state index is 0.271. The van der Waals surface area contributed by atoms with Crippen LogP contribution in [0.5, 0.6) is 0 Å². The Hall–Kier alpha value is -2.55. The zero-order valence-electron chi connectivity index (χ0n) is 14.9. The van der Waals surface area contributed by atoms with E-state index in [0.29, 0.717) is 0 Å². The minimum Gasteiger partial charge on any atom is -0.275 e. The molecular weight excluding hydrogens is 336 g/mol. The van der Waals surface area contributed by atoms with E-state index in [4.69, 9.17) is 0 Å². The van der Waals surface area contributed by atoms with Gasteiger partial charge in [0, 0.05) is 23.7 Å². The third kappa shape index (κ3) is 2.46. The third-order valence-electron chi connectivity index (χ3n) is 4.28. The van der Waals surface area contributed by atoms with Crippen LogP contribution in [-0.4, -0.2) is 39.8 Å². The molecule has 0 saturated carbocycles. The van der Waals surface area contributed by atoms with E-state index in [1.165, 1.54) is 11.3 Å². The molecular formula is C16H20N8S. The molecule has 0 atom stereocenters. The molecule has 0 unspecified atom stereocenters. The molecule has 9 heteroatoms. The molecule has 0 aliphatic rings. The van der Waals surface area contributed by atoms with Gasteiger partial charge in [0.25, 0.3) is 0 Å². The smallest absolute Gasteiger partial charge is 0.235 e. The fourth-order valence-electron chi connectivity index (χ4n) is 3.04. The molecule has 0 bridgehead atoms. The topological polar surface area (TPSA) is 89.6 Å². The van der Waals surface area contributed by atoms with Crippen molar-refractivity contribution in [3.63, 3.8) is 0 Å². The highest BCUT2D eigenvalue weighted by atomic mass is 32.1. The molecule has 0 saturated heterocycles. The normalized spacial score (nSPS) is 11.9. The van der Waals surface area contributed by atoms with Crippen molar-refractivity contribution in [2.24, 2.45) is 0 Å². The molecule has 0 radical (unpaired) electrons. The molecule has 0 aliphatic carbocycles. The van der Waals surface area contributed by atoms with Crippen LogP contribution in [0.3, 0.4) is 0 Å². The summed E-state index contributed by atoms with van der Waals surface area (Å²) in [6.07, 6.45) is 0. The van der Waals surface area contributed by atoms with Crippen molar-refractivity contribution in [3.8, 4) is 22.0 Å². The van der Waals surface area contributed by atoms with Gasteiger partial charge in [0.2, 0.25) is 4.96 Å². The summed E-state index contributed by atoms with van der Waals surface area (Å²) in [7, 11) is 0. The lowest BCUT2D eigenvalue weighted by atomic mass is 10.1. The van der Waals surface area contributed by atoms with Crippen LogP contribution < -0.4 is 0 Å². The van der Waals surface area contributed by atoms with Crippen molar-refractivity contribution in [2.45, 2.75) is 47.1 Å². The van der Waals surface area contributed by atoms with Gasteiger partial charge in [-0.05, 0) is 26.8 Å². The van der Waals surface area contributed by atoms with Gasteiger partial charge in [0.15, 0.2) is 10.8 Å². The number of aromatic amines is 1. The highest BCUT2D eigenvalue weighted by Crippen LogP contribution is 2.31. The van der Waals surface area contributed by atoms with E-state index >= 15 is 0 Å². The summed E-state index contributed by atoms with van der Waals surface area (Å²) in [5.74, 6) is 1.14. The Kier molecular flexibility index (Phi) is 3.68. The van der Waals surface area contributed by atoms with Crippen LogP contribution in [0.2, 0.25) is 0 Å². The van der Waals surface area contributed by atoms with E-state index in [1.807, 2.05) is 22.2 Å². The standard InChI is InChI=1S/C16H20N8S/c1-6-23-10(5)13(9(4)21-23)11-7-12(18-17-11)15-22-24-14(8(2)3)19-20-16(24)25-15/h7-8H,6H2,1-5H3,(H,17,18). The monoisotopic (exact) mass is 356 g/mol. The molecule has 8 nitrogen and oxygen atoms in total. The fourth-order valence-corrected chi connectivity index (χ4v) is 3.85. The average molecular weight is 356 g/mol. The first kappa shape index (κ1) is 15.9. The van der Waals surface area contributed by atoms with E-state index < -0.39 is 0 Å². The summed E-state index contributed by atoms with van der Waals surface area (Å²) < 4.78 is 3.81. The van der Waals surface area contributed by atoms with E-state index in [9.17, 15) is 0 Å². The van der Waals surface area contributed by atoms with Crippen LogP contribution in [0, 0.1) is 13.8 Å². The predicted octanol–water partition coefficient (Wildman–Crippen LogP) is 3.20. The van der Waals surface area contributed by atoms with Gasteiger partial charge in [-0.1, -0.05) is 25.2 Å². The maximum absolute atomic E-state index is 4.66. The number of hydrogen-bond donors (Lipinski definition) is 1. The molecule has 0 aliphatic heterocycles. The summed E-state index contributed by atoms with van der Waals surface area (Å²) >= 11 is 1.50. The van der Waals surface area contributed by atoms with Crippen LogP contribution in [0.4, 0.5) is 0 Å². The summed E-state index contributed by atoms with van der Waals surface area (Å²) in [6.45, 7) is 11.2. The van der Waals surface area contributed by atoms with Crippen molar-refractivity contribution in [1.82, 2.24) is 39.8 Å². The van der Waals surface area contributed by atoms with Crippen LogP contribution in [0.1, 0.15) is 43.9 Å². The molecule has 130 valence electrons. The highest BCUT2D eigenvalue weighted by molar-refractivity contribution is 7.19. The van der Waals surface area contributed by atoms with Gasteiger partial charge < -0.3 is 0 Å². The van der Waals surface area contributed by atoms with E-state index in [-0.39, 0.29) is 5.92 Å². The Bertz CT molecular complexity index is 1050. The number of aryl methyl sites for hydroxylation is 2. The molecule has 4 rings (SSSR count). The number of nitrogens with zero attached hydrogens (tertiary/aromatic N) is 7. The lowest BCUT2D eigenvalue weighted by molar-refractivity contribution is 0.634. The molecule has 0 aromatic carbocycles. The Labute approximate surface area is 148 Å². The Balaban J connectivity index is 1.76. The van der Waals surface area contributed by atoms with Gasteiger partial charge in [0.05, 0.1) is 17.1 Å². The summed E-state index contributed by atoms with van der Waals surface area (Å²) in [6, 6.07) is 2.03. The Morgan fingerprint density at radius 2 is 2.00 bits per heavy atom. The number of hydrogen-bond acceptors (Lipinski definition) is 6. The molecule has 4 aromatic heterocycles. The SMILES string of the molecule is CCn1nc(C)c(-c2cc(-c3nn4c(C(C)C)nnc4s3)[nH]n2)c1C. The van der Waals surface area contributed by atoms with E-state index in [0.717, 1.165) is 50.7 Å². The van der Waals surface area contributed by atoms with Crippen molar-refractivity contribution in [2.75, 3.05) is 0 Å². The number of fused-ring (bicyclic) bond motifs is 1. The lowest BCUT2D eigenvalue weighted by Gasteiger charge is -1.99. The molecule has 4 aromatic rings. The van der Waals surface area contributed by atoms with Crippen molar-refractivity contribution >= 4 is 16.3 Å². The quantitative estimate of drug-likeness (QED) is 0.606. The zero-order chi connectivity index (χ0) is 17.7. The Morgan fingerprint density at radius 1 is 1.20 bits per heavy atom. The number of H-pyrrole nitrogens is 1. The molecule has 0 spiro atoms. The van der Waals surface area contributed by atoms with Gasteiger partial charge in [-0.25, -0.2) is 0 Å². The third-order valence-corrected chi connectivity index (χ3v) is 5.21. The van der Waals surface area contributed by atoms with Gasteiger partial charge in [-0.15, -0.1) is 10.2 Å². The first-order valence-electron chi connectivity index (χ1n) is 8.31. The lowest BCUT2D eigenvalue weighted by Crippen LogP contribution is -1.98.